The fourth-order valence-electron chi connectivity index (χ4n) is 3.67. The second-order valence-electron chi connectivity index (χ2n) is 6.06. The maximum atomic E-state index is 6.30. The molecule has 3 N–H and O–H groups in total. The topological polar surface area (TPSA) is 36.1 Å². The summed E-state index contributed by atoms with van der Waals surface area (Å²) in [4.78, 5) is 0. The lowest BCUT2D eigenvalue weighted by Crippen LogP contribution is -2.21. The number of hydrogen-bond donors (Lipinski definition) is 3. The lowest BCUT2D eigenvalue weighted by Gasteiger charge is -2.19. The van der Waals surface area contributed by atoms with Crippen LogP contribution in [0.1, 0.15) is 24.3 Å². The Morgan fingerprint density at radius 2 is 1.77 bits per heavy atom. The van der Waals surface area contributed by atoms with Gasteiger partial charge in [-0.25, -0.2) is 0 Å². The molecule has 0 saturated carbocycles. The van der Waals surface area contributed by atoms with E-state index in [9.17, 15) is 0 Å². The molecule has 2 aromatic rings. The molecule has 1 fully saturated rings. The first-order valence-corrected chi connectivity index (χ1v) is 8.32. The number of nitrogens with one attached hydrogen (secondary N) is 3. The summed E-state index contributed by atoms with van der Waals surface area (Å²) in [6.45, 7) is 2.18. The molecule has 2 atom stereocenters. The van der Waals surface area contributed by atoms with Gasteiger partial charge in [-0.15, -0.1) is 0 Å². The predicted molar refractivity (Wildman–Crippen MR) is 93.4 cm³/mol. The summed E-state index contributed by atoms with van der Waals surface area (Å²) in [5.41, 5.74) is 4.82. The largest absolute Gasteiger partial charge is 0.381 e. The summed E-state index contributed by atoms with van der Waals surface area (Å²) in [5, 5.41) is 11.5. The normalized spacial score (nSPS) is 23.1. The van der Waals surface area contributed by atoms with E-state index in [1.807, 2.05) is 24.3 Å². The summed E-state index contributed by atoms with van der Waals surface area (Å²) in [5.74, 6) is 0.566. The lowest BCUT2D eigenvalue weighted by molar-refractivity contribution is 0.579. The molecule has 2 aromatic carbocycles. The summed E-state index contributed by atoms with van der Waals surface area (Å²) in [6.07, 6.45) is 2.34. The maximum Gasteiger partial charge on any atom is 0.0640 e. The zero-order valence-electron chi connectivity index (χ0n) is 12.4. The SMILES string of the molecule is Clc1ccccc1Nc1cccc2c1[C@@H]1CCNCC[C@@H]1N2. The van der Waals surface area contributed by atoms with Crippen molar-refractivity contribution in [2.24, 2.45) is 0 Å². The van der Waals surface area contributed by atoms with E-state index in [1.54, 1.807) is 0 Å². The molecule has 114 valence electrons. The highest BCUT2D eigenvalue weighted by Crippen LogP contribution is 2.45. The van der Waals surface area contributed by atoms with Crippen LogP contribution in [-0.4, -0.2) is 19.1 Å². The van der Waals surface area contributed by atoms with Crippen LogP contribution in [0.15, 0.2) is 42.5 Å². The molecule has 2 heterocycles. The van der Waals surface area contributed by atoms with Gasteiger partial charge in [0.15, 0.2) is 0 Å². The summed E-state index contributed by atoms with van der Waals surface area (Å²) in [7, 11) is 0. The van der Waals surface area contributed by atoms with Crippen LogP contribution in [0.25, 0.3) is 0 Å². The molecule has 0 unspecified atom stereocenters. The second-order valence-corrected chi connectivity index (χ2v) is 6.46. The minimum absolute atomic E-state index is 0.541. The van der Waals surface area contributed by atoms with Crippen LogP contribution in [-0.2, 0) is 0 Å². The Kier molecular flexibility index (Phi) is 3.68. The van der Waals surface area contributed by atoms with E-state index in [0.29, 0.717) is 12.0 Å². The fraction of sp³-hybridized carbons (Fsp3) is 0.333. The molecule has 3 nitrogen and oxygen atoms in total. The van der Waals surface area contributed by atoms with Crippen LogP contribution in [0.4, 0.5) is 17.1 Å². The third-order valence-electron chi connectivity index (χ3n) is 4.71. The number of para-hydroxylation sites is 1. The van der Waals surface area contributed by atoms with Crippen LogP contribution >= 0.6 is 11.6 Å². The van der Waals surface area contributed by atoms with Gasteiger partial charge in [0, 0.05) is 28.9 Å². The van der Waals surface area contributed by atoms with Crippen molar-refractivity contribution >= 4 is 28.7 Å². The van der Waals surface area contributed by atoms with Crippen molar-refractivity contribution in [1.82, 2.24) is 5.32 Å². The molecular formula is C18H20ClN3. The number of fused-ring (bicyclic) bond motifs is 3. The van der Waals surface area contributed by atoms with E-state index in [0.717, 1.165) is 23.8 Å². The Morgan fingerprint density at radius 1 is 0.955 bits per heavy atom. The third-order valence-corrected chi connectivity index (χ3v) is 5.04. The van der Waals surface area contributed by atoms with Gasteiger partial charge in [0.1, 0.15) is 0 Å². The Balaban J connectivity index is 1.71. The molecular weight excluding hydrogens is 294 g/mol. The van der Waals surface area contributed by atoms with E-state index in [2.05, 4.69) is 34.1 Å². The summed E-state index contributed by atoms with van der Waals surface area (Å²) >= 11 is 6.30. The van der Waals surface area contributed by atoms with E-state index >= 15 is 0 Å². The highest BCUT2D eigenvalue weighted by Gasteiger charge is 2.34. The van der Waals surface area contributed by atoms with Gasteiger partial charge in [0.25, 0.3) is 0 Å². The maximum absolute atomic E-state index is 6.30. The van der Waals surface area contributed by atoms with Gasteiger partial charge in [0.05, 0.1) is 10.7 Å². The van der Waals surface area contributed by atoms with Crippen molar-refractivity contribution in [2.75, 3.05) is 23.7 Å². The summed E-state index contributed by atoms with van der Waals surface area (Å²) < 4.78 is 0. The van der Waals surface area contributed by atoms with Crippen LogP contribution < -0.4 is 16.0 Å². The minimum Gasteiger partial charge on any atom is -0.381 e. The Morgan fingerprint density at radius 3 is 2.68 bits per heavy atom. The van der Waals surface area contributed by atoms with Gasteiger partial charge in [0.2, 0.25) is 0 Å². The highest BCUT2D eigenvalue weighted by atomic mass is 35.5. The van der Waals surface area contributed by atoms with E-state index < -0.39 is 0 Å². The standard InChI is InChI=1S/C18H20ClN3/c19-13-4-1-2-5-15(13)22-17-7-3-6-16-18(17)12-8-10-20-11-9-14(12)21-16/h1-7,12,14,20-22H,8-11H2/t12-,14+/m1/s1. The summed E-state index contributed by atoms with van der Waals surface area (Å²) in [6, 6.07) is 14.9. The Hall–Kier alpha value is -1.71. The molecule has 0 aliphatic carbocycles. The third kappa shape index (κ3) is 2.44. The molecule has 4 heteroatoms. The molecule has 2 aliphatic heterocycles. The fourth-order valence-corrected chi connectivity index (χ4v) is 3.85. The van der Waals surface area contributed by atoms with Gasteiger partial charge in [-0.2, -0.15) is 0 Å². The Bertz CT molecular complexity index is 686. The number of rotatable bonds is 2. The zero-order valence-corrected chi connectivity index (χ0v) is 13.2. The van der Waals surface area contributed by atoms with Gasteiger partial charge >= 0.3 is 0 Å². The first-order valence-electron chi connectivity index (χ1n) is 7.94. The van der Waals surface area contributed by atoms with E-state index in [-0.39, 0.29) is 0 Å². The molecule has 0 aromatic heterocycles. The smallest absolute Gasteiger partial charge is 0.0640 e. The Labute approximate surface area is 136 Å². The number of benzene rings is 2. The molecule has 2 aliphatic rings. The van der Waals surface area contributed by atoms with Crippen LogP contribution in [0.3, 0.4) is 0 Å². The van der Waals surface area contributed by atoms with Crippen molar-refractivity contribution in [3.63, 3.8) is 0 Å². The molecule has 0 amide bonds. The van der Waals surface area contributed by atoms with Crippen molar-refractivity contribution in [2.45, 2.75) is 24.8 Å². The second kappa shape index (κ2) is 5.82. The number of anilines is 3. The van der Waals surface area contributed by atoms with Gasteiger partial charge in [-0.1, -0.05) is 29.8 Å². The number of hydrogen-bond acceptors (Lipinski definition) is 3. The quantitative estimate of drug-likeness (QED) is 0.771. The highest BCUT2D eigenvalue weighted by molar-refractivity contribution is 6.33. The molecule has 22 heavy (non-hydrogen) atoms. The van der Waals surface area contributed by atoms with E-state index in [4.69, 9.17) is 11.6 Å². The van der Waals surface area contributed by atoms with Crippen molar-refractivity contribution in [3.8, 4) is 0 Å². The van der Waals surface area contributed by atoms with Crippen molar-refractivity contribution < 1.29 is 0 Å². The lowest BCUT2D eigenvalue weighted by atomic mass is 9.90. The monoisotopic (exact) mass is 313 g/mol. The van der Waals surface area contributed by atoms with Gasteiger partial charge in [-0.05, 0) is 50.2 Å². The molecule has 4 rings (SSSR count). The minimum atomic E-state index is 0.541. The van der Waals surface area contributed by atoms with Crippen LogP contribution in [0, 0.1) is 0 Å². The average molecular weight is 314 g/mol. The zero-order chi connectivity index (χ0) is 14.9. The molecule has 0 spiro atoms. The molecule has 0 bridgehead atoms. The van der Waals surface area contributed by atoms with Crippen LogP contribution in [0.5, 0.6) is 0 Å². The van der Waals surface area contributed by atoms with E-state index in [1.165, 1.54) is 29.8 Å². The average Bonchev–Trinajstić information content (AvgIpc) is 2.73. The first-order chi connectivity index (χ1) is 10.8. The molecule has 0 radical (unpaired) electrons. The van der Waals surface area contributed by atoms with Crippen molar-refractivity contribution in [3.05, 3.63) is 53.1 Å². The van der Waals surface area contributed by atoms with Gasteiger partial charge < -0.3 is 16.0 Å². The first kappa shape index (κ1) is 13.9. The predicted octanol–water partition coefficient (Wildman–Crippen LogP) is 4.34. The van der Waals surface area contributed by atoms with Crippen molar-refractivity contribution in [1.29, 1.82) is 0 Å². The van der Waals surface area contributed by atoms with Gasteiger partial charge in [-0.3, -0.25) is 0 Å². The number of halogens is 1. The van der Waals surface area contributed by atoms with Crippen LogP contribution in [0.2, 0.25) is 5.02 Å². The molecule has 1 saturated heterocycles.